The molecule has 0 spiro atoms. The third-order valence-corrected chi connectivity index (χ3v) is 3.72. The van der Waals surface area contributed by atoms with E-state index in [-0.39, 0.29) is 5.56 Å². The van der Waals surface area contributed by atoms with E-state index in [0.717, 1.165) is 29.7 Å². The zero-order chi connectivity index (χ0) is 15.7. The maximum atomic E-state index is 12.6. The molecule has 0 atom stereocenters. The van der Waals surface area contributed by atoms with Crippen LogP contribution in [-0.4, -0.2) is 24.6 Å². The number of rotatable bonds is 4. The van der Waals surface area contributed by atoms with Crippen molar-refractivity contribution in [3.63, 3.8) is 0 Å². The lowest BCUT2D eigenvalue weighted by atomic mass is 10.0. The Labute approximate surface area is 128 Å². The van der Waals surface area contributed by atoms with Gasteiger partial charge in [-0.05, 0) is 37.8 Å². The molecule has 3 rings (SSSR count). The Kier molecular flexibility index (Phi) is 3.75. The van der Waals surface area contributed by atoms with Crippen molar-refractivity contribution in [2.75, 3.05) is 0 Å². The summed E-state index contributed by atoms with van der Waals surface area (Å²) >= 11 is 0. The largest absolute Gasteiger partial charge is 0.277 e. The van der Waals surface area contributed by atoms with Gasteiger partial charge >= 0.3 is 0 Å². The number of fused-ring (bicyclic) bond motifs is 1. The van der Waals surface area contributed by atoms with Gasteiger partial charge in [0.1, 0.15) is 0 Å². The minimum atomic E-state index is -0.0593. The first kappa shape index (κ1) is 14.4. The van der Waals surface area contributed by atoms with Gasteiger partial charge < -0.3 is 0 Å². The second-order valence-corrected chi connectivity index (χ2v) is 5.86. The van der Waals surface area contributed by atoms with Gasteiger partial charge in [0.2, 0.25) is 0 Å². The van der Waals surface area contributed by atoms with Crippen molar-refractivity contribution in [1.29, 1.82) is 0 Å². The summed E-state index contributed by atoms with van der Waals surface area (Å²) in [5, 5.41) is 3.04. The summed E-state index contributed by atoms with van der Waals surface area (Å²) in [5.41, 5.74) is 2.34. The maximum absolute atomic E-state index is 12.6. The summed E-state index contributed by atoms with van der Waals surface area (Å²) in [6.45, 7) is 6.17. The SMILES string of the molecule is Cc1nc2nc(-c3ccncc3)[nH]n2c(=O)c1CCC(C)C. The van der Waals surface area contributed by atoms with E-state index in [0.29, 0.717) is 17.5 Å². The standard InChI is InChI=1S/C16H19N5O/c1-10(2)4-5-13-11(3)18-16-19-14(20-21(16)15(13)22)12-6-8-17-9-7-12/h6-10H,4-5H2,1-3H3,(H,18,19,20). The van der Waals surface area contributed by atoms with Crippen molar-refractivity contribution in [3.05, 3.63) is 46.1 Å². The van der Waals surface area contributed by atoms with Crippen LogP contribution in [0.4, 0.5) is 0 Å². The molecule has 0 aromatic carbocycles. The van der Waals surface area contributed by atoms with Crippen molar-refractivity contribution in [3.8, 4) is 11.4 Å². The number of pyridine rings is 1. The molecule has 0 unspecified atom stereocenters. The number of aryl methyl sites for hydroxylation is 1. The molecule has 3 heterocycles. The van der Waals surface area contributed by atoms with Crippen LogP contribution in [0.15, 0.2) is 29.3 Å². The van der Waals surface area contributed by atoms with E-state index in [4.69, 9.17) is 0 Å². The molecule has 3 aromatic heterocycles. The molecule has 114 valence electrons. The third-order valence-electron chi connectivity index (χ3n) is 3.72. The molecule has 0 fully saturated rings. The fourth-order valence-electron chi connectivity index (χ4n) is 2.41. The Balaban J connectivity index is 2.09. The molecule has 0 amide bonds. The van der Waals surface area contributed by atoms with Crippen LogP contribution in [-0.2, 0) is 6.42 Å². The number of aromatic nitrogens is 5. The molecule has 6 heteroatoms. The first-order chi connectivity index (χ1) is 10.6. The van der Waals surface area contributed by atoms with E-state index in [1.807, 2.05) is 19.1 Å². The first-order valence-electron chi connectivity index (χ1n) is 7.45. The van der Waals surface area contributed by atoms with Crippen molar-refractivity contribution < 1.29 is 0 Å². The van der Waals surface area contributed by atoms with E-state index in [1.54, 1.807) is 12.4 Å². The predicted molar refractivity (Wildman–Crippen MR) is 84.7 cm³/mol. The first-order valence-corrected chi connectivity index (χ1v) is 7.45. The topological polar surface area (TPSA) is 75.9 Å². The van der Waals surface area contributed by atoms with Gasteiger partial charge in [0.05, 0.1) is 5.69 Å². The van der Waals surface area contributed by atoms with Gasteiger partial charge in [-0.15, -0.1) is 0 Å². The lowest BCUT2D eigenvalue weighted by Gasteiger charge is -2.06. The number of nitrogens with one attached hydrogen (secondary N) is 1. The summed E-state index contributed by atoms with van der Waals surface area (Å²) in [4.78, 5) is 25.5. The minimum absolute atomic E-state index is 0.0593. The second-order valence-electron chi connectivity index (χ2n) is 5.86. The molecule has 0 saturated heterocycles. The fraction of sp³-hybridized carbons (Fsp3) is 0.375. The predicted octanol–water partition coefficient (Wildman–Crippen LogP) is 2.38. The molecule has 3 aromatic rings. The van der Waals surface area contributed by atoms with Gasteiger partial charge in [-0.3, -0.25) is 14.9 Å². The number of aromatic amines is 1. The number of hydrogen-bond donors (Lipinski definition) is 1. The van der Waals surface area contributed by atoms with Crippen molar-refractivity contribution in [2.24, 2.45) is 5.92 Å². The lowest BCUT2D eigenvalue weighted by molar-refractivity contribution is 0.581. The smallest absolute Gasteiger partial charge is 0.271 e. The quantitative estimate of drug-likeness (QED) is 0.802. The van der Waals surface area contributed by atoms with Gasteiger partial charge in [-0.25, -0.2) is 4.98 Å². The molecule has 22 heavy (non-hydrogen) atoms. The van der Waals surface area contributed by atoms with E-state index in [2.05, 4.69) is 33.9 Å². The molecular formula is C16H19N5O. The third kappa shape index (κ3) is 2.64. The molecule has 0 bridgehead atoms. The van der Waals surface area contributed by atoms with Crippen LogP contribution in [0.2, 0.25) is 0 Å². The molecule has 0 aliphatic carbocycles. The second kappa shape index (κ2) is 5.71. The van der Waals surface area contributed by atoms with Crippen LogP contribution in [0.25, 0.3) is 17.2 Å². The highest BCUT2D eigenvalue weighted by Crippen LogP contribution is 2.15. The Morgan fingerprint density at radius 3 is 2.64 bits per heavy atom. The van der Waals surface area contributed by atoms with E-state index < -0.39 is 0 Å². The maximum Gasteiger partial charge on any atom is 0.277 e. The number of nitrogens with zero attached hydrogens (tertiary/aromatic N) is 4. The van der Waals surface area contributed by atoms with Crippen LogP contribution < -0.4 is 5.56 Å². The Hall–Kier alpha value is -2.50. The van der Waals surface area contributed by atoms with E-state index >= 15 is 0 Å². The lowest BCUT2D eigenvalue weighted by Crippen LogP contribution is -2.22. The normalized spacial score (nSPS) is 11.5. The monoisotopic (exact) mass is 297 g/mol. The highest BCUT2D eigenvalue weighted by atomic mass is 16.1. The highest BCUT2D eigenvalue weighted by molar-refractivity contribution is 5.55. The summed E-state index contributed by atoms with van der Waals surface area (Å²) in [7, 11) is 0. The van der Waals surface area contributed by atoms with Crippen LogP contribution >= 0.6 is 0 Å². The highest BCUT2D eigenvalue weighted by Gasteiger charge is 2.14. The fourth-order valence-corrected chi connectivity index (χ4v) is 2.41. The van der Waals surface area contributed by atoms with Gasteiger partial charge in [-0.1, -0.05) is 13.8 Å². The number of hydrogen-bond acceptors (Lipinski definition) is 4. The average Bonchev–Trinajstić information content (AvgIpc) is 2.92. The molecular weight excluding hydrogens is 278 g/mol. The number of H-pyrrole nitrogens is 1. The average molecular weight is 297 g/mol. The summed E-state index contributed by atoms with van der Waals surface area (Å²) in [5.74, 6) is 1.57. The van der Waals surface area contributed by atoms with Crippen molar-refractivity contribution in [1.82, 2.24) is 24.6 Å². The van der Waals surface area contributed by atoms with Crippen LogP contribution in [0.3, 0.4) is 0 Å². The molecule has 6 nitrogen and oxygen atoms in total. The zero-order valence-electron chi connectivity index (χ0n) is 13.0. The Morgan fingerprint density at radius 2 is 1.95 bits per heavy atom. The van der Waals surface area contributed by atoms with E-state index in [1.165, 1.54) is 4.52 Å². The molecule has 0 radical (unpaired) electrons. The van der Waals surface area contributed by atoms with Crippen LogP contribution in [0.1, 0.15) is 31.5 Å². The van der Waals surface area contributed by atoms with Crippen molar-refractivity contribution in [2.45, 2.75) is 33.6 Å². The molecule has 0 saturated carbocycles. The Morgan fingerprint density at radius 1 is 1.23 bits per heavy atom. The van der Waals surface area contributed by atoms with Gasteiger partial charge in [0.15, 0.2) is 5.82 Å². The summed E-state index contributed by atoms with van der Waals surface area (Å²) < 4.78 is 1.43. The van der Waals surface area contributed by atoms with E-state index in [9.17, 15) is 4.79 Å². The van der Waals surface area contributed by atoms with Gasteiger partial charge in [-0.2, -0.15) is 9.50 Å². The zero-order valence-corrected chi connectivity index (χ0v) is 13.0. The van der Waals surface area contributed by atoms with Gasteiger partial charge in [0, 0.05) is 23.5 Å². The van der Waals surface area contributed by atoms with Gasteiger partial charge in [0.25, 0.3) is 11.3 Å². The van der Waals surface area contributed by atoms with Crippen LogP contribution in [0, 0.1) is 12.8 Å². The Bertz CT molecular complexity index is 848. The summed E-state index contributed by atoms with van der Waals surface area (Å²) in [6.07, 6.45) is 5.09. The molecule has 0 aliphatic rings. The van der Waals surface area contributed by atoms with Crippen molar-refractivity contribution >= 4 is 5.78 Å². The molecule has 0 aliphatic heterocycles. The minimum Gasteiger partial charge on any atom is -0.271 e. The summed E-state index contributed by atoms with van der Waals surface area (Å²) in [6, 6.07) is 3.69. The van der Waals surface area contributed by atoms with Crippen LogP contribution in [0.5, 0.6) is 0 Å². The molecule has 1 N–H and O–H groups in total.